The van der Waals surface area contributed by atoms with Crippen molar-refractivity contribution in [2.24, 2.45) is 11.8 Å². The van der Waals surface area contributed by atoms with Crippen molar-refractivity contribution in [3.63, 3.8) is 0 Å². The summed E-state index contributed by atoms with van der Waals surface area (Å²) in [6.45, 7) is 5.38. The molecule has 0 saturated heterocycles. The highest BCUT2D eigenvalue weighted by molar-refractivity contribution is 5.58. The molecule has 3 rings (SSSR count). The van der Waals surface area contributed by atoms with Gasteiger partial charge in [-0.2, -0.15) is 0 Å². The zero-order valence-electron chi connectivity index (χ0n) is 19.8. The van der Waals surface area contributed by atoms with Crippen LogP contribution in [0.2, 0.25) is 0 Å². The fourth-order valence-corrected chi connectivity index (χ4v) is 4.87. The zero-order valence-corrected chi connectivity index (χ0v) is 19.8. The van der Waals surface area contributed by atoms with E-state index in [2.05, 4.69) is 48.1 Å². The Hall–Kier alpha value is -1.90. The van der Waals surface area contributed by atoms with Crippen LogP contribution in [0.1, 0.15) is 96.6 Å². The maximum atomic E-state index is 5.99. The first-order chi connectivity index (χ1) is 15.3. The Kier molecular flexibility index (Phi) is 10.3. The van der Waals surface area contributed by atoms with Crippen molar-refractivity contribution in [2.45, 2.75) is 97.3 Å². The van der Waals surface area contributed by atoms with Gasteiger partial charge in [-0.05, 0) is 61.8 Å². The fraction of sp³-hybridized carbons (Fsp3) is 0.643. The number of benzene rings is 1. The molecule has 3 heteroatoms. The van der Waals surface area contributed by atoms with Crippen molar-refractivity contribution >= 4 is 0 Å². The summed E-state index contributed by atoms with van der Waals surface area (Å²) in [5.41, 5.74) is 3.13. The van der Waals surface area contributed by atoms with Gasteiger partial charge in [-0.25, -0.2) is 0 Å². The van der Waals surface area contributed by atoms with Crippen LogP contribution in [0.5, 0.6) is 5.75 Å². The van der Waals surface area contributed by atoms with E-state index in [9.17, 15) is 0 Å². The lowest BCUT2D eigenvalue weighted by Gasteiger charge is -2.28. The van der Waals surface area contributed by atoms with Gasteiger partial charge < -0.3 is 4.74 Å². The number of unbranched alkanes of at least 4 members (excludes halogenated alkanes) is 3. The van der Waals surface area contributed by atoms with Gasteiger partial charge in [0.25, 0.3) is 0 Å². The topological polar surface area (TPSA) is 35.0 Å². The summed E-state index contributed by atoms with van der Waals surface area (Å²) in [7, 11) is 0. The first-order valence-electron chi connectivity index (χ1n) is 12.8. The first-order valence-corrected chi connectivity index (χ1v) is 12.8. The van der Waals surface area contributed by atoms with E-state index in [-0.39, 0.29) is 0 Å². The second kappa shape index (κ2) is 13.5. The average molecular weight is 423 g/mol. The number of hydrogen-bond donors (Lipinski definition) is 0. The summed E-state index contributed by atoms with van der Waals surface area (Å²) >= 11 is 0. The smallest absolute Gasteiger partial charge is 0.119 e. The predicted molar refractivity (Wildman–Crippen MR) is 130 cm³/mol. The van der Waals surface area contributed by atoms with Crippen molar-refractivity contribution < 1.29 is 4.74 Å². The number of aryl methyl sites for hydroxylation is 1. The normalized spacial score (nSPS) is 18.8. The zero-order chi connectivity index (χ0) is 21.7. The second-order valence-electron chi connectivity index (χ2n) is 9.39. The van der Waals surface area contributed by atoms with Crippen LogP contribution in [0, 0.1) is 11.8 Å². The van der Waals surface area contributed by atoms with Crippen molar-refractivity contribution in [2.75, 3.05) is 6.61 Å². The number of rotatable bonds is 13. The van der Waals surface area contributed by atoms with Crippen LogP contribution < -0.4 is 4.74 Å². The molecule has 2 aromatic rings. The largest absolute Gasteiger partial charge is 0.494 e. The Morgan fingerprint density at radius 1 is 0.774 bits per heavy atom. The van der Waals surface area contributed by atoms with Crippen LogP contribution in [0.15, 0.2) is 36.7 Å². The van der Waals surface area contributed by atoms with Crippen LogP contribution in [-0.2, 0) is 6.42 Å². The third-order valence-corrected chi connectivity index (χ3v) is 6.83. The van der Waals surface area contributed by atoms with E-state index in [0.29, 0.717) is 0 Å². The molecule has 1 aliphatic rings. The van der Waals surface area contributed by atoms with Crippen LogP contribution in [0.3, 0.4) is 0 Å². The highest BCUT2D eigenvalue weighted by Gasteiger charge is 2.20. The molecule has 0 amide bonds. The molecular weight excluding hydrogens is 380 g/mol. The Labute approximate surface area is 190 Å². The molecule has 0 bridgehead atoms. The number of nitrogens with zero attached hydrogens (tertiary/aromatic N) is 2. The SMILES string of the molecule is CCCCCCc1cnc(-c2ccc(OCCC[C@H]3CC[C@H](CCC)CC3)cc2)cn1. The lowest BCUT2D eigenvalue weighted by molar-refractivity contribution is 0.230. The highest BCUT2D eigenvalue weighted by Crippen LogP contribution is 2.33. The van der Waals surface area contributed by atoms with Gasteiger partial charge in [0.15, 0.2) is 0 Å². The molecule has 31 heavy (non-hydrogen) atoms. The molecule has 1 aromatic heterocycles. The van der Waals surface area contributed by atoms with Crippen molar-refractivity contribution in [3.8, 4) is 17.0 Å². The van der Waals surface area contributed by atoms with Crippen LogP contribution in [0.4, 0.5) is 0 Å². The molecule has 1 saturated carbocycles. The third-order valence-electron chi connectivity index (χ3n) is 6.83. The van der Waals surface area contributed by atoms with Gasteiger partial charge in [0.05, 0.1) is 24.2 Å². The van der Waals surface area contributed by atoms with E-state index in [1.807, 2.05) is 12.4 Å². The van der Waals surface area contributed by atoms with Crippen molar-refractivity contribution in [3.05, 3.63) is 42.4 Å². The van der Waals surface area contributed by atoms with E-state index in [0.717, 1.165) is 54.0 Å². The summed E-state index contributed by atoms with van der Waals surface area (Å²) in [6, 6.07) is 8.31. The molecule has 0 unspecified atom stereocenters. The first kappa shape index (κ1) is 23.8. The maximum absolute atomic E-state index is 5.99. The predicted octanol–water partition coefficient (Wildman–Crippen LogP) is 8.03. The summed E-state index contributed by atoms with van der Waals surface area (Å²) in [5, 5.41) is 0. The van der Waals surface area contributed by atoms with Gasteiger partial charge in [0.1, 0.15) is 5.75 Å². The fourth-order valence-electron chi connectivity index (χ4n) is 4.87. The molecule has 1 aromatic carbocycles. The highest BCUT2D eigenvalue weighted by atomic mass is 16.5. The average Bonchev–Trinajstić information content (AvgIpc) is 2.82. The molecule has 3 nitrogen and oxygen atoms in total. The van der Waals surface area contributed by atoms with Crippen molar-refractivity contribution in [1.29, 1.82) is 0 Å². The Morgan fingerprint density at radius 3 is 2.16 bits per heavy atom. The molecule has 1 aliphatic carbocycles. The van der Waals surface area contributed by atoms with Crippen LogP contribution in [-0.4, -0.2) is 16.6 Å². The molecule has 170 valence electrons. The minimum atomic E-state index is 0.820. The molecular formula is C28H42N2O. The van der Waals surface area contributed by atoms with Crippen LogP contribution >= 0.6 is 0 Å². The van der Waals surface area contributed by atoms with Gasteiger partial charge in [0, 0.05) is 11.8 Å². The molecule has 0 spiro atoms. The molecule has 1 heterocycles. The number of aromatic nitrogens is 2. The minimum absolute atomic E-state index is 0.820. The van der Waals surface area contributed by atoms with Gasteiger partial charge in [0.2, 0.25) is 0 Å². The van der Waals surface area contributed by atoms with Crippen molar-refractivity contribution in [1.82, 2.24) is 9.97 Å². The third kappa shape index (κ3) is 8.27. The number of ether oxygens (including phenoxy) is 1. The van der Waals surface area contributed by atoms with E-state index < -0.39 is 0 Å². The van der Waals surface area contributed by atoms with E-state index in [1.54, 1.807) is 0 Å². The Morgan fingerprint density at radius 2 is 1.52 bits per heavy atom. The quantitative estimate of drug-likeness (QED) is 0.306. The van der Waals surface area contributed by atoms with E-state index >= 15 is 0 Å². The maximum Gasteiger partial charge on any atom is 0.119 e. The van der Waals surface area contributed by atoms with E-state index in [1.165, 1.54) is 70.6 Å². The van der Waals surface area contributed by atoms with Gasteiger partial charge in [-0.1, -0.05) is 71.6 Å². The molecule has 0 aliphatic heterocycles. The monoisotopic (exact) mass is 422 g/mol. The second-order valence-corrected chi connectivity index (χ2v) is 9.39. The summed E-state index contributed by atoms with van der Waals surface area (Å²) in [4.78, 5) is 9.22. The lowest BCUT2D eigenvalue weighted by Crippen LogP contribution is -2.15. The molecule has 0 atom stereocenters. The van der Waals surface area contributed by atoms with Gasteiger partial charge in [-0.15, -0.1) is 0 Å². The molecule has 0 radical (unpaired) electrons. The molecule has 1 fully saturated rings. The van der Waals surface area contributed by atoms with Gasteiger partial charge in [-0.3, -0.25) is 9.97 Å². The summed E-state index contributed by atoms with van der Waals surface area (Å²) in [5.74, 6) is 2.88. The summed E-state index contributed by atoms with van der Waals surface area (Å²) in [6.07, 6.45) is 20.9. The number of hydrogen-bond acceptors (Lipinski definition) is 3. The van der Waals surface area contributed by atoms with E-state index in [4.69, 9.17) is 4.74 Å². The Balaban J connectivity index is 1.35. The Bertz CT molecular complexity index is 718. The minimum Gasteiger partial charge on any atom is -0.494 e. The summed E-state index contributed by atoms with van der Waals surface area (Å²) < 4.78 is 5.99. The lowest BCUT2D eigenvalue weighted by atomic mass is 9.78. The standard InChI is InChI=1S/C28H42N2O/c1-3-5-6-7-11-26-21-30-28(22-29-26)25-16-18-27(19-17-25)31-20-8-10-24-14-12-23(9-4-2)13-15-24/h16-19,21-24H,3-15,20H2,1-2H3/t23-,24-. The van der Waals surface area contributed by atoms with Crippen LogP contribution in [0.25, 0.3) is 11.3 Å². The van der Waals surface area contributed by atoms with Gasteiger partial charge >= 0.3 is 0 Å². The molecule has 0 N–H and O–H groups in total.